The minimum Gasteiger partial charge on any atom is -0.496 e. The van der Waals surface area contributed by atoms with Gasteiger partial charge in [-0.25, -0.2) is 0 Å². The lowest BCUT2D eigenvalue weighted by Crippen LogP contribution is -2.22. The van der Waals surface area contributed by atoms with Crippen LogP contribution in [0.25, 0.3) is 0 Å². The van der Waals surface area contributed by atoms with Crippen molar-refractivity contribution in [2.24, 2.45) is 0 Å². The first kappa shape index (κ1) is 17.0. The van der Waals surface area contributed by atoms with Crippen molar-refractivity contribution in [1.29, 1.82) is 0 Å². The van der Waals surface area contributed by atoms with E-state index < -0.39 is 0 Å². The molecule has 0 spiro atoms. The highest BCUT2D eigenvalue weighted by Crippen LogP contribution is 2.25. The first-order valence-corrected chi connectivity index (χ1v) is 8.69. The number of methoxy groups -OCH3 is 1. The minimum absolute atomic E-state index is 0.0586. The first-order valence-electron chi connectivity index (χ1n) is 8.69. The molecule has 0 radical (unpaired) electrons. The minimum atomic E-state index is -0.0586. The summed E-state index contributed by atoms with van der Waals surface area (Å²) in [6.45, 7) is 3.49. The lowest BCUT2D eigenvalue weighted by atomic mass is 10.0. The Balaban J connectivity index is 1.66. The zero-order chi connectivity index (χ0) is 16.8. The van der Waals surface area contributed by atoms with Gasteiger partial charge in [0.25, 0.3) is 0 Å². The summed E-state index contributed by atoms with van der Waals surface area (Å²) in [5.74, 6) is 0.919. The maximum atomic E-state index is 5.86. The van der Waals surface area contributed by atoms with Crippen LogP contribution in [0, 0.1) is 6.92 Å². The predicted octanol–water partition coefficient (Wildman–Crippen LogP) is 4.64. The van der Waals surface area contributed by atoms with Gasteiger partial charge in [0.2, 0.25) is 0 Å². The van der Waals surface area contributed by atoms with Crippen molar-refractivity contribution in [3.05, 3.63) is 64.7 Å². The molecule has 0 bridgehead atoms. The quantitative estimate of drug-likeness (QED) is 0.774. The van der Waals surface area contributed by atoms with Crippen LogP contribution in [0.4, 0.5) is 0 Å². The van der Waals surface area contributed by atoms with Gasteiger partial charge in [-0.3, -0.25) is 0 Å². The summed E-state index contributed by atoms with van der Waals surface area (Å²) < 4.78 is 17.1. The molecule has 2 aromatic rings. The molecule has 1 unspecified atom stereocenters. The predicted molar refractivity (Wildman–Crippen MR) is 95.4 cm³/mol. The fourth-order valence-corrected chi connectivity index (χ4v) is 3.10. The van der Waals surface area contributed by atoms with Gasteiger partial charge in [0.1, 0.15) is 5.75 Å². The molecule has 0 saturated carbocycles. The van der Waals surface area contributed by atoms with Crippen LogP contribution < -0.4 is 4.74 Å². The van der Waals surface area contributed by atoms with E-state index in [1.54, 1.807) is 7.11 Å². The van der Waals surface area contributed by atoms with Crippen molar-refractivity contribution in [2.75, 3.05) is 13.7 Å². The Kier molecular flexibility index (Phi) is 5.89. The molecule has 3 heteroatoms. The molecule has 0 aromatic heterocycles. The number of hydrogen-bond donors (Lipinski definition) is 0. The third-order valence-electron chi connectivity index (χ3n) is 4.40. The van der Waals surface area contributed by atoms with E-state index in [9.17, 15) is 0 Å². The van der Waals surface area contributed by atoms with Crippen molar-refractivity contribution in [1.82, 2.24) is 0 Å². The molecule has 1 heterocycles. The van der Waals surface area contributed by atoms with Crippen LogP contribution in [0.15, 0.2) is 42.5 Å². The summed E-state index contributed by atoms with van der Waals surface area (Å²) in [6.07, 6.45) is 4.13. The molecule has 0 amide bonds. The SMILES string of the molecule is COc1cc(COC2CCCCO2)ccc1Cc1cccc(C)c1. The Hall–Kier alpha value is -1.84. The Morgan fingerprint density at radius 3 is 2.75 bits per heavy atom. The van der Waals surface area contributed by atoms with Gasteiger partial charge >= 0.3 is 0 Å². The fraction of sp³-hybridized carbons (Fsp3) is 0.429. The van der Waals surface area contributed by atoms with Gasteiger partial charge in [-0.05, 0) is 48.9 Å². The highest BCUT2D eigenvalue weighted by atomic mass is 16.7. The summed E-state index contributed by atoms with van der Waals surface area (Å²) in [6, 6.07) is 14.9. The molecule has 2 aromatic carbocycles. The Labute approximate surface area is 144 Å². The maximum absolute atomic E-state index is 5.86. The van der Waals surface area contributed by atoms with Crippen LogP contribution >= 0.6 is 0 Å². The first-order chi connectivity index (χ1) is 11.7. The molecule has 3 nitrogen and oxygen atoms in total. The normalized spacial score (nSPS) is 17.7. The molecule has 24 heavy (non-hydrogen) atoms. The molecule has 0 aliphatic carbocycles. The topological polar surface area (TPSA) is 27.7 Å². The summed E-state index contributed by atoms with van der Waals surface area (Å²) in [4.78, 5) is 0. The van der Waals surface area contributed by atoms with Crippen molar-refractivity contribution in [2.45, 2.75) is 45.5 Å². The lowest BCUT2D eigenvalue weighted by molar-refractivity contribution is -0.168. The molecule has 1 aliphatic heterocycles. The van der Waals surface area contributed by atoms with Crippen molar-refractivity contribution >= 4 is 0 Å². The largest absolute Gasteiger partial charge is 0.496 e. The molecule has 1 atom stereocenters. The summed E-state index contributed by atoms with van der Waals surface area (Å²) in [5.41, 5.74) is 4.90. The van der Waals surface area contributed by atoms with Crippen molar-refractivity contribution in [3.8, 4) is 5.75 Å². The maximum Gasteiger partial charge on any atom is 0.158 e. The Bertz CT molecular complexity index is 660. The van der Waals surface area contributed by atoms with Gasteiger partial charge in [-0.1, -0.05) is 42.0 Å². The lowest BCUT2D eigenvalue weighted by Gasteiger charge is -2.22. The van der Waals surface area contributed by atoms with Gasteiger partial charge in [0, 0.05) is 13.0 Å². The third kappa shape index (κ3) is 4.59. The van der Waals surface area contributed by atoms with Crippen LogP contribution in [0.1, 0.15) is 41.5 Å². The summed E-state index contributed by atoms with van der Waals surface area (Å²) in [5, 5.41) is 0. The van der Waals surface area contributed by atoms with Gasteiger partial charge < -0.3 is 14.2 Å². The van der Waals surface area contributed by atoms with E-state index in [-0.39, 0.29) is 6.29 Å². The highest BCUT2D eigenvalue weighted by Gasteiger charge is 2.14. The van der Waals surface area contributed by atoms with Crippen LogP contribution in [-0.2, 0) is 22.5 Å². The van der Waals surface area contributed by atoms with E-state index in [0.717, 1.165) is 37.2 Å². The van der Waals surface area contributed by atoms with Crippen LogP contribution in [0.5, 0.6) is 5.75 Å². The molecular formula is C21H26O3. The number of benzene rings is 2. The second-order valence-corrected chi connectivity index (χ2v) is 6.42. The molecule has 0 N–H and O–H groups in total. The van der Waals surface area contributed by atoms with E-state index >= 15 is 0 Å². The van der Waals surface area contributed by atoms with Gasteiger partial charge in [-0.2, -0.15) is 0 Å². The van der Waals surface area contributed by atoms with Gasteiger partial charge in [-0.15, -0.1) is 0 Å². The average Bonchev–Trinajstić information content (AvgIpc) is 2.62. The molecule has 1 aliphatic rings. The van der Waals surface area contributed by atoms with E-state index in [1.165, 1.54) is 23.1 Å². The van der Waals surface area contributed by atoms with E-state index in [1.807, 2.05) is 0 Å². The molecule has 3 rings (SSSR count). The number of hydrogen-bond acceptors (Lipinski definition) is 3. The van der Waals surface area contributed by atoms with Crippen molar-refractivity contribution < 1.29 is 14.2 Å². The molecule has 1 fully saturated rings. The standard InChI is InChI=1S/C21H26O3/c1-16-6-5-7-17(12-16)13-19-10-9-18(14-20(19)22-2)15-24-21-8-3-4-11-23-21/h5-7,9-10,12,14,21H,3-4,8,11,13,15H2,1-2H3. The Morgan fingerprint density at radius 1 is 1.08 bits per heavy atom. The van der Waals surface area contributed by atoms with Crippen molar-refractivity contribution in [3.63, 3.8) is 0 Å². The zero-order valence-corrected chi connectivity index (χ0v) is 14.6. The third-order valence-corrected chi connectivity index (χ3v) is 4.40. The fourth-order valence-electron chi connectivity index (χ4n) is 3.10. The van der Waals surface area contributed by atoms with E-state index in [2.05, 4.69) is 49.4 Å². The monoisotopic (exact) mass is 326 g/mol. The van der Waals surface area contributed by atoms with Gasteiger partial charge in [0.05, 0.1) is 13.7 Å². The second-order valence-electron chi connectivity index (χ2n) is 6.42. The van der Waals surface area contributed by atoms with E-state index in [0.29, 0.717) is 6.61 Å². The van der Waals surface area contributed by atoms with Crippen LogP contribution in [0.2, 0.25) is 0 Å². The Morgan fingerprint density at radius 2 is 2.00 bits per heavy atom. The molecule has 1 saturated heterocycles. The zero-order valence-electron chi connectivity index (χ0n) is 14.6. The average molecular weight is 326 g/mol. The summed E-state index contributed by atoms with van der Waals surface area (Å²) >= 11 is 0. The number of rotatable bonds is 6. The second kappa shape index (κ2) is 8.32. The molecule has 128 valence electrons. The molecular weight excluding hydrogens is 300 g/mol. The summed E-state index contributed by atoms with van der Waals surface area (Å²) in [7, 11) is 1.73. The number of aryl methyl sites for hydroxylation is 1. The highest BCUT2D eigenvalue weighted by molar-refractivity contribution is 5.41. The van der Waals surface area contributed by atoms with Crippen LogP contribution in [0.3, 0.4) is 0 Å². The van der Waals surface area contributed by atoms with Gasteiger partial charge in [0.15, 0.2) is 6.29 Å². The smallest absolute Gasteiger partial charge is 0.158 e. The van der Waals surface area contributed by atoms with E-state index in [4.69, 9.17) is 14.2 Å². The number of ether oxygens (including phenoxy) is 3. The van der Waals surface area contributed by atoms with Crippen LogP contribution in [-0.4, -0.2) is 20.0 Å².